The van der Waals surface area contributed by atoms with Crippen molar-refractivity contribution in [3.8, 4) is 0 Å². The van der Waals surface area contributed by atoms with Gasteiger partial charge in [0.2, 0.25) is 5.91 Å². The number of nitrogens with zero attached hydrogens (tertiary/aromatic N) is 2. The molecule has 4 heteroatoms. The highest BCUT2D eigenvalue weighted by atomic mass is 16.2. The molecule has 2 heterocycles. The average molecular weight is 197 g/mol. The van der Waals surface area contributed by atoms with Gasteiger partial charge in [0.15, 0.2) is 0 Å². The number of amides is 1. The van der Waals surface area contributed by atoms with Gasteiger partial charge in [-0.05, 0) is 19.9 Å². The van der Waals surface area contributed by atoms with Crippen LogP contribution in [0.2, 0.25) is 0 Å². The van der Waals surface area contributed by atoms with Crippen LogP contribution in [-0.4, -0.2) is 54.6 Å². The summed E-state index contributed by atoms with van der Waals surface area (Å²) < 4.78 is 0. The molecule has 2 saturated heterocycles. The molecule has 3 atom stereocenters. The first kappa shape index (κ1) is 9.93. The molecular formula is C10H19N3O. The summed E-state index contributed by atoms with van der Waals surface area (Å²) >= 11 is 0. The van der Waals surface area contributed by atoms with Crippen molar-refractivity contribution in [2.45, 2.75) is 25.6 Å². The van der Waals surface area contributed by atoms with E-state index in [1.165, 1.54) is 0 Å². The molecule has 3 unspecified atom stereocenters. The monoisotopic (exact) mass is 197 g/mol. The van der Waals surface area contributed by atoms with Crippen LogP contribution in [0.4, 0.5) is 0 Å². The fourth-order valence-electron chi connectivity index (χ4n) is 2.80. The van der Waals surface area contributed by atoms with E-state index in [-0.39, 0.29) is 17.6 Å². The molecule has 0 aromatic heterocycles. The average Bonchev–Trinajstić information content (AvgIpc) is 2.62. The predicted molar refractivity (Wildman–Crippen MR) is 54.8 cm³/mol. The summed E-state index contributed by atoms with van der Waals surface area (Å²) in [5.74, 6) is 0.664. The van der Waals surface area contributed by atoms with Crippen molar-refractivity contribution in [3.05, 3.63) is 0 Å². The molecule has 2 aliphatic rings. The molecule has 0 saturated carbocycles. The quantitative estimate of drug-likeness (QED) is 0.580. The van der Waals surface area contributed by atoms with Gasteiger partial charge in [-0.15, -0.1) is 0 Å². The number of likely N-dealkylation sites (N-methyl/N-ethyl adjacent to an activating group) is 2. The Balaban J connectivity index is 2.39. The zero-order valence-electron chi connectivity index (χ0n) is 9.37. The Kier molecular flexibility index (Phi) is 2.08. The highest BCUT2D eigenvalue weighted by Gasteiger charge is 2.58. The molecule has 2 rings (SSSR count). The maximum Gasteiger partial charge on any atom is 0.245 e. The Morgan fingerprint density at radius 2 is 2.07 bits per heavy atom. The molecular weight excluding hydrogens is 178 g/mol. The summed E-state index contributed by atoms with van der Waals surface area (Å²) in [7, 11) is 3.94. The molecule has 0 radical (unpaired) electrons. The fourth-order valence-corrected chi connectivity index (χ4v) is 2.80. The van der Waals surface area contributed by atoms with E-state index in [1.54, 1.807) is 0 Å². The van der Waals surface area contributed by atoms with Crippen LogP contribution in [-0.2, 0) is 4.79 Å². The first-order valence-corrected chi connectivity index (χ1v) is 5.22. The molecule has 1 spiro atoms. The van der Waals surface area contributed by atoms with Crippen LogP contribution in [0.1, 0.15) is 13.8 Å². The van der Waals surface area contributed by atoms with Gasteiger partial charge in [-0.3, -0.25) is 9.69 Å². The first-order chi connectivity index (χ1) is 6.51. The molecule has 14 heavy (non-hydrogen) atoms. The smallest absolute Gasteiger partial charge is 0.245 e. The second-order valence-corrected chi connectivity index (χ2v) is 4.62. The summed E-state index contributed by atoms with van der Waals surface area (Å²) in [4.78, 5) is 16.3. The van der Waals surface area contributed by atoms with Crippen LogP contribution < -0.4 is 5.32 Å². The van der Waals surface area contributed by atoms with Gasteiger partial charge < -0.3 is 10.2 Å². The van der Waals surface area contributed by atoms with Crippen molar-refractivity contribution in [2.75, 3.05) is 27.2 Å². The lowest BCUT2D eigenvalue weighted by atomic mass is 9.87. The predicted octanol–water partition coefficient (Wildman–Crippen LogP) is -0.286. The lowest BCUT2D eigenvalue weighted by Gasteiger charge is -2.33. The molecule has 0 aromatic carbocycles. The molecule has 2 fully saturated rings. The van der Waals surface area contributed by atoms with Gasteiger partial charge >= 0.3 is 0 Å². The van der Waals surface area contributed by atoms with Crippen molar-refractivity contribution >= 4 is 5.91 Å². The first-order valence-electron chi connectivity index (χ1n) is 5.22. The second-order valence-electron chi connectivity index (χ2n) is 4.62. The van der Waals surface area contributed by atoms with E-state index in [0.717, 1.165) is 13.1 Å². The summed E-state index contributed by atoms with van der Waals surface area (Å²) in [6.45, 7) is 5.97. The summed E-state index contributed by atoms with van der Waals surface area (Å²) in [6.07, 6.45) is 0.213. The Labute approximate surface area is 85.2 Å². The standard InChI is InChI=1S/C10H19N3O/c1-7-5-11-6-10(7)9(14)12(3)8(2)13(10)4/h7-8,11H,5-6H2,1-4H3. The minimum atomic E-state index is -0.284. The number of nitrogens with one attached hydrogen (secondary N) is 1. The Bertz CT molecular complexity index is 268. The number of rotatable bonds is 0. The number of carbonyl (C=O) groups excluding carboxylic acids is 1. The van der Waals surface area contributed by atoms with Crippen molar-refractivity contribution in [2.24, 2.45) is 5.92 Å². The lowest BCUT2D eigenvalue weighted by Crippen LogP contribution is -2.53. The van der Waals surface area contributed by atoms with E-state index in [4.69, 9.17) is 0 Å². The molecule has 0 bridgehead atoms. The molecule has 1 amide bonds. The molecule has 0 aromatic rings. The van der Waals surface area contributed by atoms with Crippen molar-refractivity contribution in [1.82, 2.24) is 15.1 Å². The number of hydrogen-bond acceptors (Lipinski definition) is 3. The lowest BCUT2D eigenvalue weighted by molar-refractivity contribution is -0.133. The number of carbonyl (C=O) groups is 1. The van der Waals surface area contributed by atoms with Gasteiger partial charge in [-0.2, -0.15) is 0 Å². The van der Waals surface area contributed by atoms with E-state index in [9.17, 15) is 4.79 Å². The van der Waals surface area contributed by atoms with Crippen molar-refractivity contribution in [3.63, 3.8) is 0 Å². The Morgan fingerprint density at radius 3 is 2.43 bits per heavy atom. The van der Waals surface area contributed by atoms with Gasteiger partial charge in [-0.25, -0.2) is 0 Å². The van der Waals surface area contributed by atoms with E-state index in [1.807, 2.05) is 11.9 Å². The van der Waals surface area contributed by atoms with E-state index in [2.05, 4.69) is 31.1 Å². The normalized spacial score (nSPS) is 44.3. The van der Waals surface area contributed by atoms with Crippen LogP contribution in [0.25, 0.3) is 0 Å². The highest BCUT2D eigenvalue weighted by Crippen LogP contribution is 2.36. The highest BCUT2D eigenvalue weighted by molar-refractivity contribution is 5.89. The van der Waals surface area contributed by atoms with Crippen LogP contribution in [0.15, 0.2) is 0 Å². The molecule has 2 aliphatic heterocycles. The molecule has 4 nitrogen and oxygen atoms in total. The van der Waals surface area contributed by atoms with Gasteiger partial charge in [-0.1, -0.05) is 6.92 Å². The van der Waals surface area contributed by atoms with E-state index in [0.29, 0.717) is 5.92 Å². The largest absolute Gasteiger partial charge is 0.329 e. The van der Waals surface area contributed by atoms with Gasteiger partial charge in [0.25, 0.3) is 0 Å². The van der Waals surface area contributed by atoms with E-state index < -0.39 is 0 Å². The fraction of sp³-hybridized carbons (Fsp3) is 0.900. The van der Waals surface area contributed by atoms with Gasteiger partial charge in [0.05, 0.1) is 6.17 Å². The van der Waals surface area contributed by atoms with Crippen LogP contribution >= 0.6 is 0 Å². The van der Waals surface area contributed by atoms with E-state index >= 15 is 0 Å². The maximum atomic E-state index is 12.2. The van der Waals surface area contributed by atoms with Gasteiger partial charge in [0.1, 0.15) is 5.54 Å². The molecule has 1 N–H and O–H groups in total. The number of hydrogen-bond donors (Lipinski definition) is 1. The van der Waals surface area contributed by atoms with Gasteiger partial charge in [0, 0.05) is 20.1 Å². The summed E-state index contributed by atoms with van der Waals surface area (Å²) in [5.41, 5.74) is -0.284. The minimum Gasteiger partial charge on any atom is -0.329 e. The Hall–Kier alpha value is -0.610. The zero-order valence-corrected chi connectivity index (χ0v) is 9.37. The summed E-state index contributed by atoms with van der Waals surface area (Å²) in [5, 5.41) is 3.32. The van der Waals surface area contributed by atoms with Crippen LogP contribution in [0, 0.1) is 5.92 Å². The topological polar surface area (TPSA) is 35.6 Å². The third-order valence-electron chi connectivity index (χ3n) is 4.10. The van der Waals surface area contributed by atoms with Crippen LogP contribution in [0.5, 0.6) is 0 Å². The van der Waals surface area contributed by atoms with Crippen LogP contribution in [0.3, 0.4) is 0 Å². The SMILES string of the molecule is CC1N(C)C(=O)C2(CNCC2C)N1C. The minimum absolute atomic E-state index is 0.213. The second kappa shape index (κ2) is 2.94. The third kappa shape index (κ3) is 0.929. The van der Waals surface area contributed by atoms with Crippen molar-refractivity contribution < 1.29 is 4.79 Å². The summed E-state index contributed by atoms with van der Waals surface area (Å²) in [6, 6.07) is 0. The Morgan fingerprint density at radius 1 is 1.43 bits per heavy atom. The maximum absolute atomic E-state index is 12.2. The molecule has 0 aliphatic carbocycles. The molecule has 80 valence electrons. The van der Waals surface area contributed by atoms with Crippen molar-refractivity contribution in [1.29, 1.82) is 0 Å². The third-order valence-corrected chi connectivity index (χ3v) is 4.10. The zero-order chi connectivity index (χ0) is 10.5.